The Morgan fingerprint density at radius 1 is 1.06 bits per heavy atom. The molecule has 32 heavy (non-hydrogen) atoms. The van der Waals surface area contributed by atoms with Gasteiger partial charge in [0, 0.05) is 36.4 Å². The van der Waals surface area contributed by atoms with Gasteiger partial charge in [0.15, 0.2) is 11.2 Å². The average Bonchev–Trinajstić information content (AvgIpc) is 3.17. The molecule has 0 spiro atoms. The first-order chi connectivity index (χ1) is 15.4. The Morgan fingerprint density at radius 3 is 2.53 bits per heavy atom. The molecule has 0 saturated carbocycles. The lowest BCUT2D eigenvalue weighted by atomic mass is 10.2. The van der Waals surface area contributed by atoms with Crippen LogP contribution in [0.4, 0.5) is 20.4 Å². The molecule has 7 nitrogen and oxygen atoms in total. The van der Waals surface area contributed by atoms with Gasteiger partial charge in [-0.2, -0.15) is 4.98 Å². The van der Waals surface area contributed by atoms with Crippen LogP contribution in [0.25, 0.3) is 11.2 Å². The van der Waals surface area contributed by atoms with Gasteiger partial charge in [0.05, 0.1) is 6.54 Å². The molecule has 2 aromatic carbocycles. The molecule has 0 amide bonds. The van der Waals surface area contributed by atoms with Crippen molar-refractivity contribution in [2.45, 2.75) is 19.5 Å². The van der Waals surface area contributed by atoms with E-state index in [0.29, 0.717) is 19.0 Å². The minimum Gasteiger partial charge on any atom is -0.312 e. The Bertz CT molecular complexity index is 1450. The first-order valence-electron chi connectivity index (χ1n) is 10.0. The van der Waals surface area contributed by atoms with Gasteiger partial charge in [-0.1, -0.05) is 17.7 Å². The van der Waals surface area contributed by atoms with Gasteiger partial charge < -0.3 is 9.47 Å². The molecule has 10 heteroatoms. The van der Waals surface area contributed by atoms with Gasteiger partial charge in [-0.3, -0.25) is 13.9 Å². The Kier molecular flexibility index (Phi) is 4.85. The van der Waals surface area contributed by atoms with E-state index in [4.69, 9.17) is 11.6 Å². The van der Waals surface area contributed by atoms with Crippen molar-refractivity contribution < 1.29 is 8.78 Å². The van der Waals surface area contributed by atoms with Crippen LogP contribution in [-0.4, -0.2) is 25.2 Å². The first-order valence-corrected chi connectivity index (χ1v) is 10.4. The fourth-order valence-electron chi connectivity index (χ4n) is 4.11. The second-order valence-electron chi connectivity index (χ2n) is 7.65. The molecule has 164 valence electrons. The summed E-state index contributed by atoms with van der Waals surface area (Å²) in [5, 5.41) is 0.136. The van der Waals surface area contributed by atoms with E-state index in [1.807, 2.05) is 4.90 Å². The van der Waals surface area contributed by atoms with E-state index in [0.717, 1.165) is 16.7 Å². The molecule has 3 heterocycles. The van der Waals surface area contributed by atoms with Crippen molar-refractivity contribution in [3.8, 4) is 0 Å². The summed E-state index contributed by atoms with van der Waals surface area (Å²) in [6, 6.07) is 10.2. The van der Waals surface area contributed by atoms with Crippen LogP contribution >= 0.6 is 11.6 Å². The van der Waals surface area contributed by atoms with Crippen molar-refractivity contribution in [2.75, 3.05) is 11.4 Å². The number of imidazole rings is 1. The van der Waals surface area contributed by atoms with Gasteiger partial charge in [-0.25, -0.2) is 13.6 Å². The Hall–Kier alpha value is -3.46. The Balaban J connectivity index is 1.71. The molecule has 1 aliphatic heterocycles. The smallest absolute Gasteiger partial charge is 0.312 e. The van der Waals surface area contributed by atoms with E-state index < -0.39 is 17.1 Å². The number of halogens is 3. The van der Waals surface area contributed by atoms with Crippen LogP contribution in [0, 0.1) is 11.6 Å². The lowest BCUT2D eigenvalue weighted by Gasteiger charge is -2.29. The number of nitrogens with zero attached hydrogens (tertiary/aromatic N) is 5. The molecule has 0 saturated heterocycles. The maximum Gasteiger partial charge on any atom is 0.332 e. The highest BCUT2D eigenvalue weighted by Crippen LogP contribution is 2.31. The highest BCUT2D eigenvalue weighted by molar-refractivity contribution is 6.31. The number of benzene rings is 2. The van der Waals surface area contributed by atoms with Crippen molar-refractivity contribution in [3.63, 3.8) is 0 Å². The molecule has 4 aromatic rings. The number of aromatic nitrogens is 4. The van der Waals surface area contributed by atoms with Crippen molar-refractivity contribution >= 4 is 34.4 Å². The summed E-state index contributed by atoms with van der Waals surface area (Å²) in [5.41, 5.74) is 0.0964. The van der Waals surface area contributed by atoms with Crippen LogP contribution < -0.4 is 16.1 Å². The molecule has 0 radical (unpaired) electrons. The van der Waals surface area contributed by atoms with Gasteiger partial charge >= 0.3 is 5.69 Å². The second-order valence-corrected chi connectivity index (χ2v) is 8.06. The van der Waals surface area contributed by atoms with Crippen molar-refractivity contribution in [3.05, 3.63) is 85.5 Å². The minimum absolute atomic E-state index is 0.0686. The predicted molar refractivity (Wildman–Crippen MR) is 118 cm³/mol. The van der Waals surface area contributed by atoms with E-state index in [1.165, 1.54) is 41.9 Å². The fourth-order valence-corrected chi connectivity index (χ4v) is 4.33. The molecule has 2 aromatic heterocycles. The molecule has 5 rings (SSSR count). The van der Waals surface area contributed by atoms with Crippen LogP contribution in [-0.2, 0) is 20.1 Å². The van der Waals surface area contributed by atoms with E-state index in [2.05, 4.69) is 4.98 Å². The molecule has 0 aliphatic carbocycles. The normalized spacial score (nSPS) is 13.6. The standard InChI is InChI=1S/C22H18ClF2N5O2/c1-27-19-18(20(31)30(22(27)32)12-15-16(23)4-2-5-17(15)25)29-11-3-10-28(21(29)26-19)14-8-6-13(24)7-9-14/h2,4-9H,3,10-12H2,1H3. The summed E-state index contributed by atoms with van der Waals surface area (Å²) in [6.45, 7) is 0.856. The molecule has 0 bridgehead atoms. The fraction of sp³-hybridized carbons (Fsp3) is 0.227. The average molecular weight is 458 g/mol. The van der Waals surface area contributed by atoms with E-state index in [1.54, 1.807) is 16.7 Å². The first kappa shape index (κ1) is 20.4. The number of rotatable bonds is 3. The van der Waals surface area contributed by atoms with Crippen LogP contribution in [0.5, 0.6) is 0 Å². The van der Waals surface area contributed by atoms with Gasteiger partial charge in [0.25, 0.3) is 5.56 Å². The summed E-state index contributed by atoms with van der Waals surface area (Å²) in [5.74, 6) is -0.452. The van der Waals surface area contributed by atoms with Crippen molar-refractivity contribution in [1.29, 1.82) is 0 Å². The number of hydrogen-bond acceptors (Lipinski definition) is 4. The van der Waals surface area contributed by atoms with Gasteiger partial charge in [-0.05, 0) is 42.8 Å². The number of hydrogen-bond donors (Lipinski definition) is 0. The lowest BCUT2D eigenvalue weighted by Crippen LogP contribution is -2.40. The van der Waals surface area contributed by atoms with Crippen LogP contribution in [0.15, 0.2) is 52.1 Å². The zero-order chi connectivity index (χ0) is 22.6. The SMILES string of the molecule is Cn1c(=O)n(Cc2c(F)cccc2Cl)c(=O)c2c1nc1n2CCCN1c1ccc(F)cc1. The van der Waals surface area contributed by atoms with Gasteiger partial charge in [-0.15, -0.1) is 0 Å². The van der Waals surface area contributed by atoms with E-state index >= 15 is 0 Å². The van der Waals surface area contributed by atoms with Gasteiger partial charge in [0.1, 0.15) is 11.6 Å². The summed E-state index contributed by atoms with van der Waals surface area (Å²) < 4.78 is 31.7. The molecule has 0 atom stereocenters. The number of anilines is 2. The van der Waals surface area contributed by atoms with Crippen LogP contribution in [0.3, 0.4) is 0 Å². The van der Waals surface area contributed by atoms with E-state index in [9.17, 15) is 18.4 Å². The summed E-state index contributed by atoms with van der Waals surface area (Å²) >= 11 is 6.12. The minimum atomic E-state index is -0.620. The molecular weight excluding hydrogens is 440 g/mol. The molecule has 0 unspecified atom stereocenters. The van der Waals surface area contributed by atoms with Crippen molar-refractivity contribution in [2.24, 2.45) is 7.05 Å². The highest BCUT2D eigenvalue weighted by atomic mass is 35.5. The topological polar surface area (TPSA) is 65.1 Å². The second kappa shape index (κ2) is 7.59. The zero-order valence-electron chi connectivity index (χ0n) is 17.1. The monoisotopic (exact) mass is 457 g/mol. The molecule has 1 aliphatic rings. The maximum atomic E-state index is 14.3. The van der Waals surface area contributed by atoms with Crippen molar-refractivity contribution in [1.82, 2.24) is 18.7 Å². The number of fused-ring (bicyclic) bond motifs is 3. The molecule has 0 N–H and O–H groups in total. The largest absolute Gasteiger partial charge is 0.332 e. The van der Waals surface area contributed by atoms with Gasteiger partial charge in [0.2, 0.25) is 5.95 Å². The third-order valence-electron chi connectivity index (χ3n) is 5.73. The molecular formula is C22H18ClF2N5O2. The third kappa shape index (κ3) is 3.12. The highest BCUT2D eigenvalue weighted by Gasteiger charge is 2.27. The summed E-state index contributed by atoms with van der Waals surface area (Å²) in [4.78, 5) is 32.9. The van der Waals surface area contributed by atoms with Crippen LogP contribution in [0.2, 0.25) is 5.02 Å². The number of aryl methyl sites for hydroxylation is 2. The third-order valence-corrected chi connectivity index (χ3v) is 6.09. The lowest BCUT2D eigenvalue weighted by molar-refractivity contribution is 0.578. The quantitative estimate of drug-likeness (QED) is 0.473. The van der Waals surface area contributed by atoms with Crippen LogP contribution in [0.1, 0.15) is 12.0 Å². The van der Waals surface area contributed by atoms with E-state index in [-0.39, 0.29) is 34.1 Å². The zero-order valence-corrected chi connectivity index (χ0v) is 17.8. The summed E-state index contributed by atoms with van der Waals surface area (Å²) in [7, 11) is 1.52. The predicted octanol–water partition coefficient (Wildman–Crippen LogP) is 3.42. The Labute approximate surface area is 185 Å². The summed E-state index contributed by atoms with van der Waals surface area (Å²) in [6.07, 6.45) is 0.720. The maximum absolute atomic E-state index is 14.3. The molecule has 0 fully saturated rings. The Morgan fingerprint density at radius 2 is 1.81 bits per heavy atom.